The lowest BCUT2D eigenvalue weighted by atomic mass is 9.82. The number of hydrogen-bond acceptors (Lipinski definition) is 6. The summed E-state index contributed by atoms with van der Waals surface area (Å²) in [5, 5.41) is 2.90. The van der Waals surface area contributed by atoms with Crippen LogP contribution in [0.15, 0.2) is 17.2 Å². The number of ether oxygens (including phenoxy) is 2. The number of aromatic nitrogens is 2. The van der Waals surface area contributed by atoms with Crippen LogP contribution in [0.3, 0.4) is 0 Å². The molecule has 2 heterocycles. The number of amides is 2. The number of piperidine rings is 1. The third kappa shape index (κ3) is 4.77. The predicted octanol–water partition coefficient (Wildman–Crippen LogP) is 0.321. The van der Waals surface area contributed by atoms with Gasteiger partial charge in [-0.05, 0) is 32.1 Å². The summed E-state index contributed by atoms with van der Waals surface area (Å²) in [6, 6.07) is -0.305. The Morgan fingerprint density at radius 3 is 2.54 bits per heavy atom. The maximum absolute atomic E-state index is 13.0. The van der Waals surface area contributed by atoms with Gasteiger partial charge in [-0.25, -0.2) is 0 Å². The molecule has 0 aromatic carbocycles. The third-order valence-electron chi connectivity index (χ3n) is 5.74. The van der Waals surface area contributed by atoms with Gasteiger partial charge in [-0.1, -0.05) is 0 Å². The SMILES string of the molecule is COC1CCN(C(=O)[C@H]2CC[C@@H](OC)[C@H](NC(=O)c3cncc(=O)[nH]3)C2)CC1. The zero-order valence-corrected chi connectivity index (χ0v) is 16.3. The molecule has 2 fully saturated rings. The minimum Gasteiger partial charge on any atom is -0.381 e. The van der Waals surface area contributed by atoms with Gasteiger partial charge in [0.15, 0.2) is 0 Å². The van der Waals surface area contributed by atoms with Gasteiger partial charge in [0.1, 0.15) is 5.69 Å². The number of H-pyrrole nitrogens is 1. The Bertz CT molecular complexity index is 744. The van der Waals surface area contributed by atoms with Crippen molar-refractivity contribution in [3.05, 3.63) is 28.4 Å². The van der Waals surface area contributed by atoms with Crippen LogP contribution in [0.2, 0.25) is 0 Å². The molecular weight excluding hydrogens is 364 g/mol. The zero-order chi connectivity index (χ0) is 20.1. The molecule has 0 spiro atoms. The number of carbonyl (C=O) groups excluding carboxylic acids is 2. The lowest BCUT2D eigenvalue weighted by molar-refractivity contribution is -0.140. The van der Waals surface area contributed by atoms with Gasteiger partial charge in [0, 0.05) is 33.2 Å². The van der Waals surface area contributed by atoms with Crippen molar-refractivity contribution in [2.45, 2.75) is 50.4 Å². The highest BCUT2D eigenvalue weighted by Crippen LogP contribution is 2.29. The summed E-state index contributed by atoms with van der Waals surface area (Å²) in [4.78, 5) is 45.0. The van der Waals surface area contributed by atoms with Gasteiger partial charge in [-0.15, -0.1) is 0 Å². The van der Waals surface area contributed by atoms with E-state index in [-0.39, 0.29) is 35.8 Å². The summed E-state index contributed by atoms with van der Waals surface area (Å²) in [6.07, 6.45) is 6.11. The minimum absolute atomic E-state index is 0.0949. The molecule has 2 amide bonds. The molecule has 1 saturated heterocycles. The van der Waals surface area contributed by atoms with Crippen LogP contribution >= 0.6 is 0 Å². The number of aromatic amines is 1. The molecule has 0 unspecified atom stereocenters. The van der Waals surface area contributed by atoms with E-state index in [1.165, 1.54) is 6.20 Å². The van der Waals surface area contributed by atoms with Gasteiger partial charge in [-0.3, -0.25) is 19.4 Å². The third-order valence-corrected chi connectivity index (χ3v) is 5.74. The second kappa shape index (κ2) is 9.29. The molecule has 1 aromatic heterocycles. The molecule has 2 N–H and O–H groups in total. The van der Waals surface area contributed by atoms with Crippen molar-refractivity contribution in [2.24, 2.45) is 5.92 Å². The van der Waals surface area contributed by atoms with Crippen LogP contribution in [0.25, 0.3) is 0 Å². The Balaban J connectivity index is 1.63. The van der Waals surface area contributed by atoms with Crippen molar-refractivity contribution in [3.8, 4) is 0 Å². The number of rotatable bonds is 5. The first-order chi connectivity index (χ1) is 13.5. The van der Waals surface area contributed by atoms with E-state index < -0.39 is 11.5 Å². The van der Waals surface area contributed by atoms with E-state index in [9.17, 15) is 14.4 Å². The number of likely N-dealkylation sites (tertiary alicyclic amines) is 1. The molecule has 1 aromatic rings. The molecule has 9 heteroatoms. The van der Waals surface area contributed by atoms with E-state index in [4.69, 9.17) is 9.47 Å². The van der Waals surface area contributed by atoms with Gasteiger partial charge in [0.25, 0.3) is 11.5 Å². The second-order valence-electron chi connectivity index (χ2n) is 7.43. The molecule has 1 saturated carbocycles. The summed E-state index contributed by atoms with van der Waals surface area (Å²) < 4.78 is 10.9. The average molecular weight is 392 g/mol. The molecule has 3 rings (SSSR count). The van der Waals surface area contributed by atoms with Gasteiger partial charge in [0.05, 0.1) is 30.6 Å². The van der Waals surface area contributed by atoms with Crippen LogP contribution in [0.1, 0.15) is 42.6 Å². The Labute approximate surface area is 163 Å². The molecule has 28 heavy (non-hydrogen) atoms. The largest absolute Gasteiger partial charge is 0.381 e. The highest BCUT2D eigenvalue weighted by Gasteiger charge is 2.37. The van der Waals surface area contributed by atoms with Gasteiger partial charge >= 0.3 is 0 Å². The van der Waals surface area contributed by atoms with Crippen LogP contribution < -0.4 is 10.9 Å². The molecule has 0 bridgehead atoms. The standard InChI is InChI=1S/C19H28N4O5/c1-27-13-5-7-23(8-6-13)19(26)12-3-4-16(28-2)14(9-12)22-18(25)15-10-20-11-17(24)21-15/h10-14,16H,3-9H2,1-2H3,(H,21,24)(H,22,25)/t12-,14+,16+/m0/s1. The quantitative estimate of drug-likeness (QED) is 0.746. The lowest BCUT2D eigenvalue weighted by Gasteiger charge is -2.39. The van der Waals surface area contributed by atoms with Crippen molar-refractivity contribution >= 4 is 11.8 Å². The number of nitrogens with one attached hydrogen (secondary N) is 2. The first kappa shape index (κ1) is 20.5. The van der Waals surface area contributed by atoms with Gasteiger partial charge in [-0.2, -0.15) is 0 Å². The number of nitrogens with zero attached hydrogens (tertiary/aromatic N) is 2. The summed E-state index contributed by atoms with van der Waals surface area (Å²) in [5.41, 5.74) is -0.343. The van der Waals surface area contributed by atoms with Crippen LogP contribution in [-0.2, 0) is 14.3 Å². The van der Waals surface area contributed by atoms with E-state index in [2.05, 4.69) is 15.3 Å². The predicted molar refractivity (Wildman–Crippen MR) is 101 cm³/mol. The maximum atomic E-state index is 13.0. The lowest BCUT2D eigenvalue weighted by Crippen LogP contribution is -2.52. The second-order valence-corrected chi connectivity index (χ2v) is 7.43. The van der Waals surface area contributed by atoms with E-state index in [1.807, 2.05) is 4.90 Å². The first-order valence-corrected chi connectivity index (χ1v) is 9.71. The Hall–Kier alpha value is -2.26. The summed E-state index contributed by atoms with van der Waals surface area (Å²) in [6.45, 7) is 1.41. The monoisotopic (exact) mass is 392 g/mol. The van der Waals surface area contributed by atoms with E-state index in [1.54, 1.807) is 14.2 Å². The molecule has 0 radical (unpaired) electrons. The number of hydrogen-bond donors (Lipinski definition) is 2. The molecule has 3 atom stereocenters. The van der Waals surface area contributed by atoms with Crippen molar-refractivity contribution < 1.29 is 19.1 Å². The van der Waals surface area contributed by atoms with E-state index in [0.29, 0.717) is 25.9 Å². The maximum Gasteiger partial charge on any atom is 0.269 e. The van der Waals surface area contributed by atoms with Crippen LogP contribution in [0, 0.1) is 5.92 Å². The summed E-state index contributed by atoms with van der Waals surface area (Å²) in [7, 11) is 3.31. The number of methoxy groups -OCH3 is 2. The normalized spacial score (nSPS) is 26.1. The fourth-order valence-electron chi connectivity index (χ4n) is 4.11. The minimum atomic E-state index is -0.438. The van der Waals surface area contributed by atoms with Gasteiger partial charge < -0.3 is 24.7 Å². The van der Waals surface area contributed by atoms with Crippen molar-refractivity contribution in [1.82, 2.24) is 20.2 Å². The summed E-state index contributed by atoms with van der Waals surface area (Å²) >= 11 is 0. The van der Waals surface area contributed by atoms with E-state index in [0.717, 1.165) is 25.5 Å². The van der Waals surface area contributed by atoms with Crippen LogP contribution in [0.4, 0.5) is 0 Å². The van der Waals surface area contributed by atoms with Crippen molar-refractivity contribution in [3.63, 3.8) is 0 Å². The Kier molecular flexibility index (Phi) is 6.79. The Morgan fingerprint density at radius 2 is 1.89 bits per heavy atom. The Morgan fingerprint density at radius 1 is 1.14 bits per heavy atom. The molecule has 1 aliphatic carbocycles. The van der Waals surface area contributed by atoms with Gasteiger partial charge in [0.2, 0.25) is 5.91 Å². The smallest absolute Gasteiger partial charge is 0.269 e. The highest BCUT2D eigenvalue weighted by molar-refractivity contribution is 5.92. The first-order valence-electron chi connectivity index (χ1n) is 9.71. The topological polar surface area (TPSA) is 114 Å². The average Bonchev–Trinajstić information content (AvgIpc) is 2.73. The number of carbonyl (C=O) groups is 2. The van der Waals surface area contributed by atoms with Crippen molar-refractivity contribution in [1.29, 1.82) is 0 Å². The molecular formula is C19H28N4O5. The highest BCUT2D eigenvalue weighted by atomic mass is 16.5. The molecule has 154 valence electrons. The van der Waals surface area contributed by atoms with E-state index >= 15 is 0 Å². The molecule has 1 aliphatic heterocycles. The molecule has 9 nitrogen and oxygen atoms in total. The molecule has 2 aliphatic rings. The summed E-state index contributed by atoms with van der Waals surface area (Å²) in [5.74, 6) is -0.437. The van der Waals surface area contributed by atoms with Crippen LogP contribution in [-0.4, -0.2) is 72.2 Å². The fourth-order valence-corrected chi connectivity index (χ4v) is 4.11. The van der Waals surface area contributed by atoms with Crippen LogP contribution in [0.5, 0.6) is 0 Å². The zero-order valence-electron chi connectivity index (χ0n) is 16.3. The van der Waals surface area contributed by atoms with Crippen molar-refractivity contribution in [2.75, 3.05) is 27.3 Å². The fraction of sp³-hybridized carbons (Fsp3) is 0.684.